The summed E-state index contributed by atoms with van der Waals surface area (Å²) in [6.45, 7) is 7.44. The van der Waals surface area contributed by atoms with Gasteiger partial charge in [-0.1, -0.05) is 36.9 Å². The first kappa shape index (κ1) is 25.3. The van der Waals surface area contributed by atoms with Crippen molar-refractivity contribution in [3.05, 3.63) is 48.2 Å². The van der Waals surface area contributed by atoms with Crippen LogP contribution in [0, 0.1) is 0 Å². The Labute approximate surface area is 210 Å². The molecule has 2 aliphatic rings. The average Bonchev–Trinajstić information content (AvgIpc) is 2.94. The number of halogens is 1. The van der Waals surface area contributed by atoms with Crippen LogP contribution in [0.15, 0.2) is 42.6 Å². The predicted octanol–water partition coefficient (Wildman–Crippen LogP) is 2.23. The lowest BCUT2D eigenvalue weighted by Crippen LogP contribution is -2.75. The average molecular weight is 587 g/mol. The highest BCUT2D eigenvalue weighted by molar-refractivity contribution is 14.1. The molecule has 0 radical (unpaired) electrons. The number of carbonyl (C=O) groups is 4. The highest BCUT2D eigenvalue weighted by Crippen LogP contribution is 2.56. The molecule has 0 spiro atoms. The molecule has 2 aliphatic heterocycles. The highest BCUT2D eigenvalue weighted by atomic mass is 127. The van der Waals surface area contributed by atoms with Gasteiger partial charge in [-0.3, -0.25) is 19.3 Å². The molecule has 11 heteroatoms. The zero-order valence-corrected chi connectivity index (χ0v) is 21.5. The van der Waals surface area contributed by atoms with Crippen molar-refractivity contribution in [1.29, 1.82) is 0 Å². The summed E-state index contributed by atoms with van der Waals surface area (Å²) < 4.78 is 9.21. The van der Waals surface area contributed by atoms with E-state index < -0.39 is 34.3 Å². The Morgan fingerprint density at radius 1 is 1.30 bits per heavy atom. The van der Waals surface area contributed by atoms with Crippen LogP contribution in [-0.4, -0.2) is 56.2 Å². The fourth-order valence-electron chi connectivity index (χ4n) is 4.06. The van der Waals surface area contributed by atoms with Crippen molar-refractivity contribution in [2.75, 3.05) is 11.7 Å². The van der Waals surface area contributed by atoms with E-state index in [0.29, 0.717) is 12.0 Å². The van der Waals surface area contributed by atoms with Crippen molar-refractivity contribution in [2.45, 2.75) is 48.5 Å². The smallest absolute Gasteiger partial charge is 0.355 e. The van der Waals surface area contributed by atoms with Gasteiger partial charge in [0.25, 0.3) is 0 Å². The van der Waals surface area contributed by atoms with Crippen molar-refractivity contribution in [1.82, 2.24) is 15.5 Å². The number of amides is 2. The zero-order valence-electron chi connectivity index (χ0n) is 18.6. The van der Waals surface area contributed by atoms with E-state index in [4.69, 9.17) is 4.74 Å². The van der Waals surface area contributed by atoms with E-state index in [1.54, 1.807) is 44.2 Å². The number of hydrogen-bond acceptors (Lipinski definition) is 8. The van der Waals surface area contributed by atoms with Crippen LogP contribution >= 0.6 is 34.4 Å². The number of rotatable bonds is 9. The molecule has 0 aliphatic carbocycles. The Balaban J connectivity index is 1.97. The lowest BCUT2D eigenvalue weighted by Gasteiger charge is -2.47. The summed E-state index contributed by atoms with van der Waals surface area (Å²) in [4.78, 5) is 52.6. The highest BCUT2D eigenvalue weighted by Gasteiger charge is 2.71. The van der Waals surface area contributed by atoms with Crippen molar-refractivity contribution in [3.8, 4) is 0 Å². The number of hydrogen-bond donors (Lipinski definition) is 2. The third-order valence-corrected chi connectivity index (χ3v) is 7.53. The van der Waals surface area contributed by atoms with E-state index in [1.165, 1.54) is 23.8 Å². The van der Waals surface area contributed by atoms with Gasteiger partial charge in [0, 0.05) is 5.70 Å². The van der Waals surface area contributed by atoms with E-state index in [2.05, 4.69) is 21.9 Å². The summed E-state index contributed by atoms with van der Waals surface area (Å²) in [6.07, 6.45) is 0.155. The summed E-state index contributed by atoms with van der Waals surface area (Å²) in [5, 5.41) is 5.59. The number of thioether (sulfide) groups is 1. The maximum atomic E-state index is 13.7. The maximum absolute atomic E-state index is 13.7. The molecule has 3 rings (SSSR count). The fourth-order valence-corrected chi connectivity index (χ4v) is 6.03. The molecule has 0 saturated carbocycles. The number of carbonyl (C=O) groups excluding carboxylic acids is 4. The van der Waals surface area contributed by atoms with Gasteiger partial charge in [-0.2, -0.15) is 0 Å². The molecule has 33 heavy (non-hydrogen) atoms. The van der Waals surface area contributed by atoms with Crippen molar-refractivity contribution in [3.63, 3.8) is 0 Å². The number of benzene rings is 1. The monoisotopic (exact) mass is 587 g/mol. The lowest BCUT2D eigenvalue weighted by molar-refractivity contribution is -0.176. The predicted molar refractivity (Wildman–Crippen MR) is 131 cm³/mol. The van der Waals surface area contributed by atoms with Gasteiger partial charge < -0.3 is 20.1 Å². The number of β-lactam (4-membered cyclic amide) rings is 1. The minimum Gasteiger partial charge on any atom is -0.469 e. The maximum Gasteiger partial charge on any atom is 0.355 e. The molecule has 9 nitrogen and oxygen atoms in total. The van der Waals surface area contributed by atoms with Crippen LogP contribution < -0.4 is 10.6 Å². The molecule has 178 valence electrons. The lowest BCUT2D eigenvalue weighted by atomic mass is 9.89. The molecule has 0 aromatic heterocycles. The van der Waals surface area contributed by atoms with Gasteiger partial charge in [0.05, 0.1) is 30.1 Å². The molecule has 1 aromatic rings. The van der Waals surface area contributed by atoms with E-state index in [-0.39, 0.29) is 28.0 Å². The summed E-state index contributed by atoms with van der Waals surface area (Å²) in [5.41, 5.74) is -0.820. The summed E-state index contributed by atoms with van der Waals surface area (Å²) >= 11 is 3.34. The van der Waals surface area contributed by atoms with Crippen LogP contribution in [-0.2, 0) is 28.7 Å². The Bertz CT molecular complexity index is 972. The van der Waals surface area contributed by atoms with Gasteiger partial charge in [0.1, 0.15) is 10.7 Å². The Kier molecular flexibility index (Phi) is 7.62. The standard InChI is InChI=1S/C22H26IN3O6S/c1-13(10-17(28)31-4)24-18(14-8-6-5-7-9-14)19(29)25-22(20(30)32-12-23)21(2,3)33-16-11-15(27)26(16)22/h5-9,16,18,24H,1,10-12H2,2-4H3,(H,25,29)/t16-,18?,22+/m1/s1. The molecule has 2 fully saturated rings. The molecule has 2 N–H and O–H groups in total. The number of nitrogens with one attached hydrogen (secondary N) is 2. The second-order valence-electron chi connectivity index (χ2n) is 8.14. The largest absolute Gasteiger partial charge is 0.469 e. The number of nitrogens with zero attached hydrogens (tertiary/aromatic N) is 1. The van der Waals surface area contributed by atoms with E-state index in [1.807, 2.05) is 22.6 Å². The van der Waals surface area contributed by atoms with Gasteiger partial charge in [0.2, 0.25) is 17.5 Å². The molecule has 1 unspecified atom stereocenters. The first-order chi connectivity index (χ1) is 15.6. The van der Waals surface area contributed by atoms with Crippen LogP contribution in [0.2, 0.25) is 0 Å². The van der Waals surface area contributed by atoms with Crippen LogP contribution in [0.5, 0.6) is 0 Å². The van der Waals surface area contributed by atoms with Gasteiger partial charge in [-0.25, -0.2) is 4.79 Å². The normalized spacial score (nSPS) is 23.6. The Morgan fingerprint density at radius 2 is 1.97 bits per heavy atom. The Morgan fingerprint density at radius 3 is 2.55 bits per heavy atom. The van der Waals surface area contributed by atoms with Crippen LogP contribution in [0.25, 0.3) is 0 Å². The molecule has 2 saturated heterocycles. The Hall–Kier alpha value is -2.28. The molecule has 3 atom stereocenters. The molecule has 1 aromatic carbocycles. The molecule has 2 amide bonds. The van der Waals surface area contributed by atoms with Gasteiger partial charge in [-0.05, 0) is 42.0 Å². The first-order valence-corrected chi connectivity index (χ1v) is 12.6. The topological polar surface area (TPSA) is 114 Å². The third-order valence-electron chi connectivity index (χ3n) is 5.68. The second-order valence-corrected chi connectivity index (χ2v) is 10.6. The summed E-state index contributed by atoms with van der Waals surface area (Å²) in [5.74, 6) is -2.00. The summed E-state index contributed by atoms with van der Waals surface area (Å²) in [7, 11) is 1.26. The van der Waals surface area contributed by atoms with E-state index in [0.717, 1.165) is 0 Å². The van der Waals surface area contributed by atoms with Crippen molar-refractivity contribution < 1.29 is 28.7 Å². The quantitative estimate of drug-likeness (QED) is 0.196. The molecular formula is C22H26IN3O6S. The minimum absolute atomic E-state index is 0.0674. The number of methoxy groups -OCH3 is 1. The first-order valence-electron chi connectivity index (χ1n) is 10.2. The number of fused-ring (bicyclic) bond motifs is 1. The number of esters is 2. The van der Waals surface area contributed by atoms with Gasteiger partial charge in [-0.15, -0.1) is 11.8 Å². The number of ether oxygens (including phenoxy) is 2. The van der Waals surface area contributed by atoms with Gasteiger partial charge in [0.15, 0.2) is 0 Å². The van der Waals surface area contributed by atoms with E-state index >= 15 is 0 Å². The van der Waals surface area contributed by atoms with Crippen molar-refractivity contribution >= 4 is 58.1 Å². The SMILES string of the molecule is C=C(CC(=O)OC)NC(C(=O)N[C@@]1(C(=O)OCI)N2C(=O)C[C@H]2SC1(C)C)c1ccccc1. The minimum atomic E-state index is -1.68. The molecular weight excluding hydrogens is 561 g/mol. The molecule has 0 bridgehead atoms. The van der Waals surface area contributed by atoms with Crippen LogP contribution in [0.3, 0.4) is 0 Å². The summed E-state index contributed by atoms with van der Waals surface area (Å²) in [6, 6.07) is 7.84. The van der Waals surface area contributed by atoms with E-state index in [9.17, 15) is 19.2 Å². The van der Waals surface area contributed by atoms with Crippen LogP contribution in [0.1, 0.15) is 38.3 Å². The second kappa shape index (κ2) is 9.92. The fraction of sp³-hybridized carbons (Fsp3) is 0.455. The zero-order chi connectivity index (χ0) is 24.4. The molecule has 2 heterocycles. The van der Waals surface area contributed by atoms with Crippen LogP contribution in [0.4, 0.5) is 0 Å². The van der Waals surface area contributed by atoms with Gasteiger partial charge >= 0.3 is 11.9 Å². The number of alkyl halides is 1. The van der Waals surface area contributed by atoms with Crippen molar-refractivity contribution in [2.24, 2.45) is 0 Å². The third kappa shape index (κ3) is 4.70.